The number of anilines is 1. The normalized spacial score (nSPS) is 10.8. The molecule has 0 radical (unpaired) electrons. The van der Waals surface area contributed by atoms with Crippen molar-refractivity contribution in [3.05, 3.63) is 40.4 Å². The summed E-state index contributed by atoms with van der Waals surface area (Å²) in [5, 5.41) is 11.4. The van der Waals surface area contributed by atoms with Crippen molar-refractivity contribution in [3.8, 4) is 0 Å². The summed E-state index contributed by atoms with van der Waals surface area (Å²) >= 11 is 1.21. The fourth-order valence-electron chi connectivity index (χ4n) is 1.45. The Kier molecular flexibility index (Phi) is 4.39. The van der Waals surface area contributed by atoms with Crippen LogP contribution in [0.5, 0.6) is 0 Å². The Morgan fingerprint density at radius 2 is 2.05 bits per heavy atom. The summed E-state index contributed by atoms with van der Waals surface area (Å²) in [6.07, 6.45) is 0.340. The van der Waals surface area contributed by atoms with Crippen LogP contribution in [0, 0.1) is 17.6 Å². The first-order chi connectivity index (χ1) is 9.45. The van der Waals surface area contributed by atoms with E-state index in [0.29, 0.717) is 22.1 Å². The van der Waals surface area contributed by atoms with Crippen LogP contribution < -0.4 is 5.32 Å². The zero-order valence-corrected chi connectivity index (χ0v) is 11.8. The van der Waals surface area contributed by atoms with Gasteiger partial charge in [-0.2, -0.15) is 0 Å². The Hall–Kier alpha value is -1.89. The van der Waals surface area contributed by atoms with E-state index in [2.05, 4.69) is 15.5 Å². The molecule has 0 spiro atoms. The van der Waals surface area contributed by atoms with E-state index in [1.807, 2.05) is 0 Å². The monoisotopic (exact) mass is 297 g/mol. The second kappa shape index (κ2) is 6.04. The highest BCUT2D eigenvalue weighted by molar-refractivity contribution is 7.15. The molecule has 1 N–H and O–H groups in total. The predicted octanol–water partition coefficient (Wildman–Crippen LogP) is 3.00. The van der Waals surface area contributed by atoms with Gasteiger partial charge in [0.05, 0.1) is 0 Å². The molecule has 0 aliphatic carbocycles. The number of rotatable bonds is 4. The van der Waals surface area contributed by atoms with Gasteiger partial charge in [-0.05, 0) is 17.7 Å². The summed E-state index contributed by atoms with van der Waals surface area (Å²) < 4.78 is 25.9. The van der Waals surface area contributed by atoms with E-state index in [4.69, 9.17) is 0 Å². The molecule has 2 rings (SSSR count). The lowest BCUT2D eigenvalue weighted by Gasteiger charge is -2.02. The number of aromatic nitrogens is 2. The average Bonchev–Trinajstić information content (AvgIpc) is 2.81. The molecule has 1 heterocycles. The standard InChI is InChI=1S/C13H13F2N3OS/c1-7(2)12(19)16-13-18-17-11(20-13)6-8-3-4-9(14)10(15)5-8/h3-5,7H,6H2,1-2H3,(H,16,18,19). The Balaban J connectivity index is 2.05. The van der Waals surface area contributed by atoms with Crippen LogP contribution in [0.3, 0.4) is 0 Å². The molecular weight excluding hydrogens is 284 g/mol. The summed E-state index contributed by atoms with van der Waals surface area (Å²) in [6, 6.07) is 3.70. The van der Waals surface area contributed by atoms with Crippen LogP contribution in [0.25, 0.3) is 0 Å². The molecule has 1 amide bonds. The van der Waals surface area contributed by atoms with Crippen LogP contribution in [-0.4, -0.2) is 16.1 Å². The van der Waals surface area contributed by atoms with E-state index >= 15 is 0 Å². The van der Waals surface area contributed by atoms with E-state index < -0.39 is 11.6 Å². The van der Waals surface area contributed by atoms with Crippen LogP contribution in [-0.2, 0) is 11.2 Å². The molecule has 1 aromatic carbocycles. The predicted molar refractivity (Wildman–Crippen MR) is 72.5 cm³/mol. The van der Waals surface area contributed by atoms with Crippen LogP contribution in [0.4, 0.5) is 13.9 Å². The van der Waals surface area contributed by atoms with Gasteiger partial charge in [-0.15, -0.1) is 10.2 Å². The van der Waals surface area contributed by atoms with E-state index in [1.54, 1.807) is 13.8 Å². The lowest BCUT2D eigenvalue weighted by Crippen LogP contribution is -2.17. The number of amides is 1. The van der Waals surface area contributed by atoms with Crippen molar-refractivity contribution in [1.29, 1.82) is 0 Å². The molecule has 0 aliphatic rings. The van der Waals surface area contributed by atoms with E-state index in [1.165, 1.54) is 17.4 Å². The number of hydrogen-bond acceptors (Lipinski definition) is 4. The SMILES string of the molecule is CC(C)C(=O)Nc1nnc(Cc2ccc(F)c(F)c2)s1. The number of carbonyl (C=O) groups is 1. The maximum Gasteiger partial charge on any atom is 0.228 e. The highest BCUT2D eigenvalue weighted by Crippen LogP contribution is 2.20. The summed E-state index contributed by atoms with van der Waals surface area (Å²) in [6.45, 7) is 3.55. The van der Waals surface area contributed by atoms with Crippen molar-refractivity contribution in [2.45, 2.75) is 20.3 Å². The zero-order chi connectivity index (χ0) is 14.7. The average molecular weight is 297 g/mol. The first-order valence-electron chi connectivity index (χ1n) is 6.03. The Bertz CT molecular complexity index is 628. The van der Waals surface area contributed by atoms with Gasteiger partial charge < -0.3 is 5.32 Å². The van der Waals surface area contributed by atoms with Gasteiger partial charge in [0.2, 0.25) is 11.0 Å². The second-order valence-electron chi connectivity index (χ2n) is 4.57. The maximum absolute atomic E-state index is 13.1. The topological polar surface area (TPSA) is 54.9 Å². The summed E-state index contributed by atoms with van der Waals surface area (Å²) in [4.78, 5) is 11.5. The number of benzene rings is 1. The molecule has 0 aliphatic heterocycles. The number of nitrogens with zero attached hydrogens (tertiary/aromatic N) is 2. The van der Waals surface area contributed by atoms with Crippen molar-refractivity contribution in [2.75, 3.05) is 5.32 Å². The van der Waals surface area contributed by atoms with Crippen molar-refractivity contribution >= 4 is 22.4 Å². The Morgan fingerprint density at radius 3 is 2.70 bits per heavy atom. The molecule has 1 aromatic heterocycles. The molecule has 7 heteroatoms. The Morgan fingerprint density at radius 1 is 1.30 bits per heavy atom. The summed E-state index contributed by atoms with van der Waals surface area (Å²) in [5.41, 5.74) is 0.599. The first-order valence-corrected chi connectivity index (χ1v) is 6.84. The molecule has 0 saturated heterocycles. The van der Waals surface area contributed by atoms with Crippen molar-refractivity contribution in [3.63, 3.8) is 0 Å². The van der Waals surface area contributed by atoms with E-state index in [0.717, 1.165) is 12.1 Å². The van der Waals surface area contributed by atoms with Crippen LogP contribution in [0.15, 0.2) is 18.2 Å². The van der Waals surface area contributed by atoms with Gasteiger partial charge in [-0.3, -0.25) is 4.79 Å². The minimum Gasteiger partial charge on any atom is -0.300 e. The summed E-state index contributed by atoms with van der Waals surface area (Å²) in [5.74, 6) is -2.05. The van der Waals surface area contributed by atoms with E-state index in [-0.39, 0.29) is 11.8 Å². The van der Waals surface area contributed by atoms with Gasteiger partial charge in [0.15, 0.2) is 11.6 Å². The number of nitrogens with one attached hydrogen (secondary N) is 1. The molecule has 0 saturated carbocycles. The number of hydrogen-bond donors (Lipinski definition) is 1. The Labute approximate surface area is 118 Å². The van der Waals surface area contributed by atoms with Gasteiger partial charge in [0.25, 0.3) is 0 Å². The fourth-order valence-corrected chi connectivity index (χ4v) is 2.23. The lowest BCUT2D eigenvalue weighted by molar-refractivity contribution is -0.118. The molecule has 2 aromatic rings. The quantitative estimate of drug-likeness (QED) is 0.944. The smallest absolute Gasteiger partial charge is 0.228 e. The minimum atomic E-state index is -0.889. The molecule has 0 bridgehead atoms. The third kappa shape index (κ3) is 3.57. The first kappa shape index (κ1) is 14.5. The maximum atomic E-state index is 13.1. The van der Waals surface area contributed by atoms with Crippen molar-refractivity contribution in [1.82, 2.24) is 10.2 Å². The minimum absolute atomic E-state index is 0.138. The molecule has 20 heavy (non-hydrogen) atoms. The van der Waals surface area contributed by atoms with Crippen LogP contribution >= 0.6 is 11.3 Å². The third-order valence-corrected chi connectivity index (χ3v) is 3.40. The third-order valence-electron chi connectivity index (χ3n) is 2.56. The van der Waals surface area contributed by atoms with Gasteiger partial charge in [0, 0.05) is 12.3 Å². The molecular formula is C13H13F2N3OS. The van der Waals surface area contributed by atoms with Crippen LogP contribution in [0.2, 0.25) is 0 Å². The molecule has 0 unspecified atom stereocenters. The van der Waals surface area contributed by atoms with Gasteiger partial charge in [-0.1, -0.05) is 31.3 Å². The van der Waals surface area contributed by atoms with Crippen molar-refractivity contribution < 1.29 is 13.6 Å². The highest BCUT2D eigenvalue weighted by Gasteiger charge is 2.12. The van der Waals surface area contributed by atoms with Gasteiger partial charge >= 0.3 is 0 Å². The highest BCUT2D eigenvalue weighted by atomic mass is 32.1. The molecule has 106 valence electrons. The lowest BCUT2D eigenvalue weighted by atomic mass is 10.1. The number of halogens is 2. The van der Waals surface area contributed by atoms with Gasteiger partial charge in [0.1, 0.15) is 5.01 Å². The molecule has 4 nitrogen and oxygen atoms in total. The zero-order valence-electron chi connectivity index (χ0n) is 11.0. The van der Waals surface area contributed by atoms with Crippen LogP contribution in [0.1, 0.15) is 24.4 Å². The molecule has 0 fully saturated rings. The summed E-state index contributed by atoms with van der Waals surface area (Å²) in [7, 11) is 0. The van der Waals surface area contributed by atoms with Gasteiger partial charge in [-0.25, -0.2) is 8.78 Å². The van der Waals surface area contributed by atoms with Crippen molar-refractivity contribution in [2.24, 2.45) is 5.92 Å². The largest absolute Gasteiger partial charge is 0.300 e. The molecule has 0 atom stereocenters. The fraction of sp³-hybridized carbons (Fsp3) is 0.308. The van der Waals surface area contributed by atoms with E-state index in [9.17, 15) is 13.6 Å². The number of carbonyl (C=O) groups excluding carboxylic acids is 1. The second-order valence-corrected chi connectivity index (χ2v) is 5.63.